The summed E-state index contributed by atoms with van der Waals surface area (Å²) in [6.07, 6.45) is -3.33. The summed E-state index contributed by atoms with van der Waals surface area (Å²) in [7, 11) is 1.28. The Labute approximate surface area is 113 Å². The average molecular weight is 290 g/mol. The van der Waals surface area contributed by atoms with E-state index >= 15 is 0 Å². The highest BCUT2D eigenvalue weighted by Crippen LogP contribution is 2.27. The van der Waals surface area contributed by atoms with Crippen molar-refractivity contribution >= 4 is 12.0 Å². The fourth-order valence-electron chi connectivity index (χ4n) is 1.94. The van der Waals surface area contributed by atoms with Gasteiger partial charge in [0.05, 0.1) is 7.11 Å². The van der Waals surface area contributed by atoms with Crippen LogP contribution in [0.15, 0.2) is 12.3 Å². The molecular weight excluding hydrogens is 277 g/mol. The van der Waals surface area contributed by atoms with Crippen LogP contribution in [0, 0.1) is 0 Å². The zero-order valence-corrected chi connectivity index (χ0v) is 10.6. The largest absolute Gasteiger partial charge is 0.453 e. The number of amides is 1. The molecule has 1 aromatic heterocycles. The number of anilines is 1. The molecule has 2 rings (SSSR count). The summed E-state index contributed by atoms with van der Waals surface area (Å²) in [6.45, 7) is 0.815. The lowest BCUT2D eigenvalue weighted by molar-refractivity contribution is -0.141. The van der Waals surface area contributed by atoms with Gasteiger partial charge in [0.1, 0.15) is 5.69 Å². The first-order valence-electron chi connectivity index (χ1n) is 5.90. The Morgan fingerprint density at radius 1 is 1.55 bits per heavy atom. The molecule has 1 atom stereocenters. The highest BCUT2D eigenvalue weighted by atomic mass is 19.4. The molecule has 0 spiro atoms. The Balaban J connectivity index is 2.00. The molecule has 1 N–H and O–H groups in total. The Hall–Kier alpha value is -2.06. The van der Waals surface area contributed by atoms with Gasteiger partial charge < -0.3 is 15.0 Å². The first kappa shape index (κ1) is 14.4. The molecule has 2 heterocycles. The summed E-state index contributed by atoms with van der Waals surface area (Å²) < 4.78 is 42.1. The second-order valence-electron chi connectivity index (χ2n) is 4.31. The molecule has 0 unspecified atom stereocenters. The Morgan fingerprint density at radius 2 is 2.30 bits per heavy atom. The lowest BCUT2D eigenvalue weighted by atomic mass is 10.3. The third-order valence-corrected chi connectivity index (χ3v) is 2.90. The zero-order valence-electron chi connectivity index (χ0n) is 10.6. The lowest BCUT2D eigenvalue weighted by Crippen LogP contribution is -2.31. The van der Waals surface area contributed by atoms with E-state index in [0.717, 1.165) is 12.3 Å². The maximum absolute atomic E-state index is 12.5. The summed E-state index contributed by atoms with van der Waals surface area (Å²) in [5.41, 5.74) is -1.00. The van der Waals surface area contributed by atoms with E-state index in [-0.39, 0.29) is 12.0 Å². The van der Waals surface area contributed by atoms with Crippen molar-refractivity contribution in [3.63, 3.8) is 0 Å². The van der Waals surface area contributed by atoms with Crippen LogP contribution in [-0.2, 0) is 10.9 Å². The molecule has 0 bridgehead atoms. The fraction of sp³-hybridized carbons (Fsp3) is 0.545. The van der Waals surface area contributed by atoms with Gasteiger partial charge in [0.25, 0.3) is 0 Å². The van der Waals surface area contributed by atoms with E-state index in [1.807, 2.05) is 0 Å². The number of likely N-dealkylation sites (tertiary alicyclic amines) is 1. The standard InChI is InChI=1S/C11H13F3N4O2/c1-20-10(19)18-5-3-7(6-18)16-9-15-4-2-8(17-9)11(12,13)14/h2,4,7H,3,5-6H2,1H3,(H,15,16,17)/t7-/m1/s1. The quantitative estimate of drug-likeness (QED) is 0.898. The van der Waals surface area contributed by atoms with Crippen LogP contribution in [0.3, 0.4) is 0 Å². The molecule has 1 saturated heterocycles. The predicted molar refractivity (Wildman–Crippen MR) is 63.0 cm³/mol. The third kappa shape index (κ3) is 3.28. The van der Waals surface area contributed by atoms with Gasteiger partial charge in [-0.25, -0.2) is 14.8 Å². The molecule has 1 amide bonds. The number of methoxy groups -OCH3 is 1. The number of alkyl halides is 3. The van der Waals surface area contributed by atoms with Crippen LogP contribution in [0.2, 0.25) is 0 Å². The molecule has 6 nitrogen and oxygen atoms in total. The van der Waals surface area contributed by atoms with Gasteiger partial charge in [-0.05, 0) is 12.5 Å². The van der Waals surface area contributed by atoms with Gasteiger partial charge in [-0.3, -0.25) is 0 Å². The van der Waals surface area contributed by atoms with E-state index in [0.29, 0.717) is 19.5 Å². The second kappa shape index (κ2) is 5.51. The van der Waals surface area contributed by atoms with Crippen LogP contribution in [-0.4, -0.2) is 47.2 Å². The van der Waals surface area contributed by atoms with Crippen LogP contribution in [0.1, 0.15) is 12.1 Å². The molecule has 1 aliphatic heterocycles. The number of nitrogens with one attached hydrogen (secondary N) is 1. The maximum Gasteiger partial charge on any atom is 0.433 e. The van der Waals surface area contributed by atoms with E-state index in [1.165, 1.54) is 12.0 Å². The molecule has 20 heavy (non-hydrogen) atoms. The normalized spacial score (nSPS) is 19.0. The van der Waals surface area contributed by atoms with Gasteiger partial charge >= 0.3 is 12.3 Å². The van der Waals surface area contributed by atoms with Gasteiger partial charge in [0.2, 0.25) is 5.95 Å². The Morgan fingerprint density at radius 3 is 2.95 bits per heavy atom. The van der Waals surface area contributed by atoms with Crippen molar-refractivity contribution in [2.45, 2.75) is 18.6 Å². The van der Waals surface area contributed by atoms with Crippen LogP contribution < -0.4 is 5.32 Å². The van der Waals surface area contributed by atoms with Gasteiger partial charge in [-0.15, -0.1) is 0 Å². The van der Waals surface area contributed by atoms with E-state index in [4.69, 9.17) is 0 Å². The van der Waals surface area contributed by atoms with Crippen molar-refractivity contribution in [3.8, 4) is 0 Å². The monoisotopic (exact) mass is 290 g/mol. The van der Waals surface area contributed by atoms with Crippen molar-refractivity contribution in [2.24, 2.45) is 0 Å². The van der Waals surface area contributed by atoms with Crippen molar-refractivity contribution in [3.05, 3.63) is 18.0 Å². The molecule has 0 saturated carbocycles. The van der Waals surface area contributed by atoms with Crippen LogP contribution in [0.4, 0.5) is 23.9 Å². The molecule has 1 aliphatic rings. The Kier molecular flexibility index (Phi) is 3.96. The summed E-state index contributed by atoms with van der Waals surface area (Å²) in [5.74, 6) is -0.100. The Bertz CT molecular complexity index is 495. The molecule has 1 fully saturated rings. The van der Waals surface area contributed by atoms with Crippen LogP contribution in [0.5, 0.6) is 0 Å². The molecule has 0 aromatic carbocycles. The van der Waals surface area contributed by atoms with Crippen LogP contribution in [0.25, 0.3) is 0 Å². The molecule has 110 valence electrons. The topological polar surface area (TPSA) is 67.3 Å². The van der Waals surface area contributed by atoms with Gasteiger partial charge in [-0.1, -0.05) is 0 Å². The van der Waals surface area contributed by atoms with Crippen molar-refractivity contribution in [2.75, 3.05) is 25.5 Å². The van der Waals surface area contributed by atoms with E-state index in [9.17, 15) is 18.0 Å². The summed E-state index contributed by atoms with van der Waals surface area (Å²) in [6, 6.07) is 0.609. The second-order valence-corrected chi connectivity index (χ2v) is 4.31. The van der Waals surface area contributed by atoms with Crippen LogP contribution >= 0.6 is 0 Å². The zero-order chi connectivity index (χ0) is 14.8. The lowest BCUT2D eigenvalue weighted by Gasteiger charge is -2.15. The molecular formula is C11H13F3N4O2. The molecule has 1 aromatic rings. The summed E-state index contributed by atoms with van der Waals surface area (Å²) in [5, 5.41) is 2.79. The fourth-order valence-corrected chi connectivity index (χ4v) is 1.94. The minimum Gasteiger partial charge on any atom is -0.453 e. The minimum atomic E-state index is -4.51. The minimum absolute atomic E-state index is 0.100. The number of aromatic nitrogens is 2. The van der Waals surface area contributed by atoms with Gasteiger partial charge in [0, 0.05) is 25.3 Å². The van der Waals surface area contributed by atoms with Crippen molar-refractivity contribution in [1.29, 1.82) is 0 Å². The first-order valence-corrected chi connectivity index (χ1v) is 5.90. The van der Waals surface area contributed by atoms with Crippen molar-refractivity contribution < 1.29 is 22.7 Å². The van der Waals surface area contributed by atoms with Crippen molar-refractivity contribution in [1.82, 2.24) is 14.9 Å². The van der Waals surface area contributed by atoms with E-state index < -0.39 is 18.0 Å². The summed E-state index contributed by atoms with van der Waals surface area (Å²) >= 11 is 0. The first-order chi connectivity index (χ1) is 9.40. The maximum atomic E-state index is 12.5. The molecule has 0 radical (unpaired) electrons. The highest BCUT2D eigenvalue weighted by Gasteiger charge is 2.33. The number of carbonyl (C=O) groups excluding carboxylic acids is 1. The predicted octanol–water partition coefficient (Wildman–Crippen LogP) is 1.75. The van der Waals surface area contributed by atoms with Gasteiger partial charge in [-0.2, -0.15) is 13.2 Å². The van der Waals surface area contributed by atoms with E-state index in [1.54, 1.807) is 0 Å². The summed E-state index contributed by atoms with van der Waals surface area (Å²) in [4.78, 5) is 19.9. The third-order valence-electron chi connectivity index (χ3n) is 2.90. The number of rotatable bonds is 2. The van der Waals surface area contributed by atoms with Gasteiger partial charge in [0.15, 0.2) is 0 Å². The number of halogens is 3. The molecule has 9 heteroatoms. The number of hydrogen-bond acceptors (Lipinski definition) is 5. The van der Waals surface area contributed by atoms with E-state index in [2.05, 4.69) is 20.0 Å². The molecule has 0 aliphatic carbocycles. The SMILES string of the molecule is COC(=O)N1CC[C@@H](Nc2nccc(C(F)(F)F)n2)C1. The number of hydrogen-bond donors (Lipinski definition) is 1. The number of nitrogens with zero attached hydrogens (tertiary/aromatic N) is 3. The number of carbonyl (C=O) groups is 1. The average Bonchev–Trinajstić information content (AvgIpc) is 2.85. The highest BCUT2D eigenvalue weighted by molar-refractivity contribution is 5.67. The smallest absolute Gasteiger partial charge is 0.433 e. The number of ether oxygens (including phenoxy) is 1.